The van der Waals surface area contributed by atoms with Gasteiger partial charge in [-0.3, -0.25) is 4.79 Å². The number of allylic oxidation sites excluding steroid dienone is 2. The number of benzene rings is 2. The van der Waals surface area contributed by atoms with Gasteiger partial charge in [-0.25, -0.2) is 0 Å². The normalized spacial score (nSPS) is 19.6. The van der Waals surface area contributed by atoms with E-state index in [-0.39, 0.29) is 11.2 Å². The molecule has 0 atom stereocenters. The Kier molecular flexibility index (Phi) is 7.37. The van der Waals surface area contributed by atoms with Crippen molar-refractivity contribution in [1.82, 2.24) is 0 Å². The Morgan fingerprint density at radius 1 is 0.774 bits per heavy atom. The van der Waals surface area contributed by atoms with Crippen LogP contribution in [0.25, 0.3) is 12.2 Å². The van der Waals surface area contributed by atoms with Crippen molar-refractivity contribution in [1.29, 1.82) is 0 Å². The zero-order valence-corrected chi connectivity index (χ0v) is 19.4. The topological polar surface area (TPSA) is 35.5 Å². The third kappa shape index (κ3) is 6.10. The minimum absolute atomic E-state index is 0.122. The lowest BCUT2D eigenvalue weighted by Crippen LogP contribution is -2.29. The Morgan fingerprint density at radius 2 is 1.16 bits per heavy atom. The molecule has 1 aliphatic rings. The number of carbonyl (C=O) groups excluding carboxylic acids is 1. The van der Waals surface area contributed by atoms with Crippen LogP contribution in [0.5, 0.6) is 11.5 Å². The first-order chi connectivity index (χ1) is 14.8. The smallest absolute Gasteiger partial charge is 0.185 e. The number of carbonyl (C=O) groups is 1. The van der Waals surface area contributed by atoms with E-state index in [9.17, 15) is 4.79 Å². The van der Waals surface area contributed by atoms with Crippen LogP contribution < -0.4 is 9.47 Å². The first-order valence-corrected chi connectivity index (χ1v) is 11.2. The molecule has 0 bridgehead atoms. The standard InChI is InChI=1S/C28H34O3/c1-6-30-25-12-8-20(9-13-25)16-22-18-24(28(3,4)5)19-23(27(22)29)17-21-10-14-26(15-11-21)31-7-2/h8-17,24H,6-7,18-19H2,1-5H3. The van der Waals surface area contributed by atoms with Gasteiger partial charge in [-0.1, -0.05) is 45.0 Å². The molecule has 0 heterocycles. The number of hydrogen-bond donors (Lipinski definition) is 0. The van der Waals surface area contributed by atoms with Crippen LogP contribution in [-0.2, 0) is 4.79 Å². The van der Waals surface area contributed by atoms with E-state index in [0.29, 0.717) is 19.1 Å². The molecular formula is C28H34O3. The molecule has 0 N–H and O–H groups in total. The molecule has 0 amide bonds. The Labute approximate surface area is 186 Å². The van der Waals surface area contributed by atoms with Gasteiger partial charge >= 0.3 is 0 Å². The fraction of sp³-hybridized carbons (Fsp3) is 0.393. The van der Waals surface area contributed by atoms with Crippen LogP contribution in [0.1, 0.15) is 58.6 Å². The van der Waals surface area contributed by atoms with Crippen LogP contribution in [-0.4, -0.2) is 19.0 Å². The number of rotatable bonds is 6. The maximum absolute atomic E-state index is 13.4. The molecule has 0 aliphatic heterocycles. The highest BCUT2D eigenvalue weighted by molar-refractivity contribution is 6.14. The largest absolute Gasteiger partial charge is 0.494 e. The van der Waals surface area contributed by atoms with Crippen molar-refractivity contribution in [3.8, 4) is 11.5 Å². The quantitative estimate of drug-likeness (QED) is 0.475. The number of ether oxygens (including phenoxy) is 2. The summed E-state index contributed by atoms with van der Waals surface area (Å²) < 4.78 is 11.1. The molecule has 1 aliphatic carbocycles. The first kappa shape index (κ1) is 22.9. The Bertz CT molecular complexity index is 870. The van der Waals surface area contributed by atoms with Gasteiger partial charge in [-0.15, -0.1) is 0 Å². The molecule has 31 heavy (non-hydrogen) atoms. The van der Waals surface area contributed by atoms with E-state index >= 15 is 0 Å². The molecule has 0 unspecified atom stereocenters. The van der Waals surface area contributed by atoms with Crippen molar-refractivity contribution in [2.45, 2.75) is 47.5 Å². The van der Waals surface area contributed by atoms with Crippen molar-refractivity contribution in [3.05, 3.63) is 70.8 Å². The minimum atomic E-state index is 0.122. The molecule has 1 fully saturated rings. The number of ketones is 1. The van der Waals surface area contributed by atoms with Gasteiger partial charge in [0, 0.05) is 11.1 Å². The summed E-state index contributed by atoms with van der Waals surface area (Å²) in [5.74, 6) is 2.27. The van der Waals surface area contributed by atoms with Crippen LogP contribution in [0.4, 0.5) is 0 Å². The number of Topliss-reactive ketones (excluding diaryl/α,β-unsaturated/α-hetero) is 1. The average molecular weight is 419 g/mol. The van der Waals surface area contributed by atoms with E-state index in [1.807, 2.05) is 74.5 Å². The summed E-state index contributed by atoms with van der Waals surface area (Å²) >= 11 is 0. The zero-order valence-electron chi connectivity index (χ0n) is 19.4. The maximum Gasteiger partial charge on any atom is 0.185 e. The van der Waals surface area contributed by atoms with Crippen LogP contribution in [0, 0.1) is 11.3 Å². The van der Waals surface area contributed by atoms with E-state index < -0.39 is 0 Å². The highest BCUT2D eigenvalue weighted by atomic mass is 16.5. The molecule has 3 heteroatoms. The summed E-state index contributed by atoms with van der Waals surface area (Å²) in [6.45, 7) is 12.0. The molecule has 2 aromatic rings. The minimum Gasteiger partial charge on any atom is -0.494 e. The summed E-state index contributed by atoms with van der Waals surface area (Å²) in [6.07, 6.45) is 5.69. The molecule has 0 saturated heterocycles. The van der Waals surface area contributed by atoms with E-state index in [1.165, 1.54) is 0 Å². The van der Waals surface area contributed by atoms with Gasteiger partial charge in [-0.05, 0) is 85.6 Å². The first-order valence-electron chi connectivity index (χ1n) is 11.2. The van der Waals surface area contributed by atoms with E-state index in [4.69, 9.17) is 9.47 Å². The fourth-order valence-corrected chi connectivity index (χ4v) is 3.91. The molecule has 1 saturated carbocycles. The Hall–Kier alpha value is -2.81. The Balaban J connectivity index is 1.91. The molecule has 0 radical (unpaired) electrons. The summed E-state index contributed by atoms with van der Waals surface area (Å²) in [6, 6.07) is 15.9. The van der Waals surface area contributed by atoms with Gasteiger partial charge in [0.1, 0.15) is 11.5 Å². The molecule has 3 rings (SSSR count). The summed E-state index contributed by atoms with van der Waals surface area (Å²) in [7, 11) is 0. The highest BCUT2D eigenvalue weighted by Crippen LogP contribution is 2.42. The van der Waals surface area contributed by atoms with Gasteiger partial charge in [0.2, 0.25) is 0 Å². The lowest BCUT2D eigenvalue weighted by atomic mass is 9.68. The summed E-state index contributed by atoms with van der Waals surface area (Å²) in [5.41, 5.74) is 3.94. The van der Waals surface area contributed by atoms with E-state index in [1.54, 1.807) is 0 Å². The van der Waals surface area contributed by atoms with Crippen LogP contribution in [0.2, 0.25) is 0 Å². The van der Waals surface area contributed by atoms with Crippen molar-refractivity contribution < 1.29 is 14.3 Å². The molecule has 3 nitrogen and oxygen atoms in total. The van der Waals surface area contributed by atoms with Crippen molar-refractivity contribution in [3.63, 3.8) is 0 Å². The number of hydrogen-bond acceptors (Lipinski definition) is 3. The van der Waals surface area contributed by atoms with Gasteiger partial charge < -0.3 is 9.47 Å². The molecule has 0 aromatic heterocycles. The van der Waals surface area contributed by atoms with E-state index in [2.05, 4.69) is 20.8 Å². The van der Waals surface area contributed by atoms with Gasteiger partial charge in [0.15, 0.2) is 5.78 Å². The molecule has 2 aromatic carbocycles. The fourth-order valence-electron chi connectivity index (χ4n) is 3.91. The van der Waals surface area contributed by atoms with Gasteiger partial charge in [0.05, 0.1) is 13.2 Å². The van der Waals surface area contributed by atoms with Gasteiger partial charge in [-0.2, -0.15) is 0 Å². The lowest BCUT2D eigenvalue weighted by molar-refractivity contribution is -0.113. The van der Waals surface area contributed by atoms with Crippen molar-refractivity contribution >= 4 is 17.9 Å². The van der Waals surface area contributed by atoms with Crippen molar-refractivity contribution in [2.24, 2.45) is 11.3 Å². The predicted octanol–water partition coefficient (Wildman–Crippen LogP) is 6.98. The summed E-state index contributed by atoms with van der Waals surface area (Å²) in [5, 5.41) is 0. The SMILES string of the molecule is CCOc1ccc(C=C2CC(C(C)(C)C)CC(=Cc3ccc(OCC)cc3)C2=O)cc1. The molecular weight excluding hydrogens is 384 g/mol. The molecule has 0 spiro atoms. The zero-order chi connectivity index (χ0) is 22.4. The van der Waals surface area contributed by atoms with E-state index in [0.717, 1.165) is 46.6 Å². The second-order valence-electron chi connectivity index (χ2n) is 9.14. The van der Waals surface area contributed by atoms with Crippen molar-refractivity contribution in [2.75, 3.05) is 13.2 Å². The third-order valence-corrected chi connectivity index (χ3v) is 5.80. The summed E-state index contributed by atoms with van der Waals surface area (Å²) in [4.78, 5) is 13.4. The van der Waals surface area contributed by atoms with Crippen LogP contribution in [0.15, 0.2) is 59.7 Å². The third-order valence-electron chi connectivity index (χ3n) is 5.80. The predicted molar refractivity (Wildman–Crippen MR) is 128 cm³/mol. The van der Waals surface area contributed by atoms with Gasteiger partial charge in [0.25, 0.3) is 0 Å². The maximum atomic E-state index is 13.4. The van der Waals surface area contributed by atoms with Crippen LogP contribution >= 0.6 is 0 Å². The highest BCUT2D eigenvalue weighted by Gasteiger charge is 2.34. The average Bonchev–Trinajstić information content (AvgIpc) is 2.73. The monoisotopic (exact) mass is 418 g/mol. The second kappa shape index (κ2) is 10.00. The molecule has 164 valence electrons. The lowest BCUT2D eigenvalue weighted by Gasteiger charge is -2.35. The second-order valence-corrected chi connectivity index (χ2v) is 9.14. The van der Waals surface area contributed by atoms with Crippen LogP contribution in [0.3, 0.4) is 0 Å². The Morgan fingerprint density at radius 3 is 1.48 bits per heavy atom.